The Morgan fingerprint density at radius 2 is 2.00 bits per heavy atom. The summed E-state index contributed by atoms with van der Waals surface area (Å²) in [7, 11) is -0.388. The van der Waals surface area contributed by atoms with E-state index in [2.05, 4.69) is 15.0 Å². The SMILES string of the molecule is COc1cc(F)c(S(=O)(=O)Nc2noc3cc4c(c(OC)c23)CCC4n2cccn2)c(OC)c1. The minimum Gasteiger partial charge on any atom is -0.497 e. The molecule has 1 N–H and O–H groups in total. The summed E-state index contributed by atoms with van der Waals surface area (Å²) in [5.74, 6) is -0.805. The number of benzene rings is 2. The number of aromatic nitrogens is 3. The second-order valence-electron chi connectivity index (χ2n) is 7.67. The Morgan fingerprint density at radius 3 is 2.68 bits per heavy atom. The van der Waals surface area contributed by atoms with E-state index in [0.29, 0.717) is 23.1 Å². The highest BCUT2D eigenvalue weighted by atomic mass is 32.2. The minimum atomic E-state index is -4.46. The van der Waals surface area contributed by atoms with Crippen LogP contribution in [-0.4, -0.2) is 44.7 Å². The van der Waals surface area contributed by atoms with E-state index in [1.54, 1.807) is 6.20 Å². The zero-order valence-electron chi connectivity index (χ0n) is 18.5. The van der Waals surface area contributed by atoms with Gasteiger partial charge in [-0.05, 0) is 30.5 Å². The average molecular weight is 488 g/mol. The summed E-state index contributed by atoms with van der Waals surface area (Å²) in [6.07, 6.45) is 5.08. The molecule has 1 aliphatic carbocycles. The number of sulfonamides is 1. The molecule has 4 aromatic rings. The van der Waals surface area contributed by atoms with Crippen molar-refractivity contribution in [1.82, 2.24) is 14.9 Å². The topological polar surface area (TPSA) is 118 Å². The first-order valence-corrected chi connectivity index (χ1v) is 11.8. The molecule has 2 aromatic carbocycles. The van der Waals surface area contributed by atoms with Gasteiger partial charge < -0.3 is 18.7 Å². The van der Waals surface area contributed by atoms with Gasteiger partial charge in [-0.25, -0.2) is 12.8 Å². The van der Waals surface area contributed by atoms with Crippen molar-refractivity contribution >= 4 is 26.8 Å². The van der Waals surface area contributed by atoms with E-state index in [1.807, 2.05) is 23.0 Å². The molecule has 0 radical (unpaired) electrons. The fourth-order valence-corrected chi connectivity index (χ4v) is 5.63. The van der Waals surface area contributed by atoms with Crippen LogP contribution in [0.2, 0.25) is 0 Å². The van der Waals surface area contributed by atoms with Crippen molar-refractivity contribution in [3.8, 4) is 17.2 Å². The van der Waals surface area contributed by atoms with E-state index in [9.17, 15) is 12.8 Å². The molecule has 5 rings (SSSR count). The summed E-state index contributed by atoms with van der Waals surface area (Å²) >= 11 is 0. The third-order valence-corrected chi connectivity index (χ3v) is 7.26. The highest BCUT2D eigenvalue weighted by Gasteiger charge is 2.33. The normalized spacial score (nSPS) is 15.4. The molecule has 178 valence electrons. The number of anilines is 1. The second kappa shape index (κ2) is 8.20. The standard InChI is InChI=1S/C22H21FN4O6S/c1-30-12-9-15(23)21(18(10-12)31-2)34(28,29)26-22-19-17(33-25-22)11-14-13(20(19)32-3)5-6-16(14)27-8-4-7-24-27/h4,7-11,16H,5-6H2,1-3H3,(H,25,26). The Labute approximate surface area is 194 Å². The Morgan fingerprint density at radius 1 is 1.18 bits per heavy atom. The third kappa shape index (κ3) is 3.41. The number of nitrogens with zero attached hydrogens (tertiary/aromatic N) is 3. The van der Waals surface area contributed by atoms with Crippen molar-refractivity contribution < 1.29 is 31.5 Å². The van der Waals surface area contributed by atoms with Gasteiger partial charge in [0.1, 0.15) is 22.6 Å². The lowest BCUT2D eigenvalue weighted by Crippen LogP contribution is -2.16. The van der Waals surface area contributed by atoms with Gasteiger partial charge in [0.15, 0.2) is 22.1 Å². The van der Waals surface area contributed by atoms with Gasteiger partial charge in [-0.2, -0.15) is 5.10 Å². The first-order chi connectivity index (χ1) is 16.4. The van der Waals surface area contributed by atoms with Crippen LogP contribution in [0.3, 0.4) is 0 Å². The molecule has 0 saturated carbocycles. The second-order valence-corrected chi connectivity index (χ2v) is 9.29. The van der Waals surface area contributed by atoms with Gasteiger partial charge in [0.2, 0.25) is 0 Å². The summed E-state index contributed by atoms with van der Waals surface area (Å²) in [4.78, 5) is -0.675. The zero-order chi connectivity index (χ0) is 24.0. The number of ether oxygens (including phenoxy) is 3. The van der Waals surface area contributed by atoms with Crippen LogP contribution in [0.15, 0.2) is 46.1 Å². The molecule has 12 heteroatoms. The van der Waals surface area contributed by atoms with Gasteiger partial charge in [-0.3, -0.25) is 9.40 Å². The van der Waals surface area contributed by atoms with E-state index in [1.165, 1.54) is 27.4 Å². The third-order valence-electron chi connectivity index (χ3n) is 5.87. The van der Waals surface area contributed by atoms with Crippen LogP contribution in [-0.2, 0) is 16.4 Å². The predicted octanol–water partition coefficient (Wildman–Crippen LogP) is 3.53. The molecule has 1 unspecified atom stereocenters. The highest BCUT2D eigenvalue weighted by molar-refractivity contribution is 7.92. The Kier molecular flexibility index (Phi) is 5.31. The van der Waals surface area contributed by atoms with E-state index in [0.717, 1.165) is 23.6 Å². The molecule has 0 spiro atoms. The average Bonchev–Trinajstić information content (AvgIpc) is 3.56. The molecule has 0 amide bonds. The van der Waals surface area contributed by atoms with Crippen LogP contribution < -0.4 is 18.9 Å². The quantitative estimate of drug-likeness (QED) is 0.420. The molecule has 0 saturated heterocycles. The molecule has 0 fully saturated rings. The maximum Gasteiger partial charge on any atom is 0.269 e. The molecular weight excluding hydrogens is 467 g/mol. The monoisotopic (exact) mass is 488 g/mol. The number of rotatable bonds is 7. The van der Waals surface area contributed by atoms with E-state index < -0.39 is 20.7 Å². The summed E-state index contributed by atoms with van der Waals surface area (Å²) in [5, 5.41) is 8.59. The lowest BCUT2D eigenvalue weighted by atomic mass is 10.0. The van der Waals surface area contributed by atoms with Gasteiger partial charge >= 0.3 is 0 Å². The molecule has 2 aromatic heterocycles. The van der Waals surface area contributed by atoms with Crippen LogP contribution in [0.4, 0.5) is 10.2 Å². The Hall–Kier alpha value is -3.80. The molecule has 10 nitrogen and oxygen atoms in total. The fraction of sp³-hybridized carbons (Fsp3) is 0.273. The Bertz CT molecular complexity index is 1480. The number of fused-ring (bicyclic) bond motifs is 2. The van der Waals surface area contributed by atoms with Gasteiger partial charge in [-0.15, -0.1) is 0 Å². The first kappa shape index (κ1) is 22.0. The van der Waals surface area contributed by atoms with Crippen molar-refractivity contribution in [1.29, 1.82) is 0 Å². The summed E-state index contributed by atoms with van der Waals surface area (Å²) in [5.41, 5.74) is 2.20. The largest absolute Gasteiger partial charge is 0.497 e. The van der Waals surface area contributed by atoms with Gasteiger partial charge in [-0.1, -0.05) is 5.16 Å². The summed E-state index contributed by atoms with van der Waals surface area (Å²) < 4.78 is 66.5. The van der Waals surface area contributed by atoms with E-state index in [4.69, 9.17) is 18.7 Å². The fourth-order valence-electron chi connectivity index (χ4n) is 4.41. The molecule has 0 bridgehead atoms. The van der Waals surface area contributed by atoms with Crippen LogP contribution >= 0.6 is 0 Å². The van der Waals surface area contributed by atoms with Crippen molar-refractivity contribution in [3.05, 3.63) is 53.6 Å². The van der Waals surface area contributed by atoms with Crippen LogP contribution in [0, 0.1) is 5.82 Å². The van der Waals surface area contributed by atoms with Crippen LogP contribution in [0.25, 0.3) is 11.0 Å². The van der Waals surface area contributed by atoms with Gasteiger partial charge in [0.25, 0.3) is 10.0 Å². The van der Waals surface area contributed by atoms with Gasteiger partial charge in [0.05, 0.1) is 27.4 Å². The smallest absolute Gasteiger partial charge is 0.269 e. The number of methoxy groups -OCH3 is 3. The van der Waals surface area contributed by atoms with Crippen molar-refractivity contribution in [2.45, 2.75) is 23.8 Å². The molecular formula is C22H21FN4O6S. The number of halogens is 1. The van der Waals surface area contributed by atoms with Crippen molar-refractivity contribution in [3.63, 3.8) is 0 Å². The number of hydrogen-bond acceptors (Lipinski definition) is 8. The first-order valence-electron chi connectivity index (χ1n) is 10.3. The summed E-state index contributed by atoms with van der Waals surface area (Å²) in [6, 6.07) is 5.89. The molecule has 0 aliphatic heterocycles. The molecule has 1 atom stereocenters. The minimum absolute atomic E-state index is 0.00815. The Balaban J connectivity index is 1.60. The van der Waals surface area contributed by atoms with E-state index >= 15 is 0 Å². The molecule has 34 heavy (non-hydrogen) atoms. The maximum atomic E-state index is 14.8. The number of hydrogen-bond donors (Lipinski definition) is 1. The molecule has 2 heterocycles. The van der Waals surface area contributed by atoms with Crippen LogP contribution in [0.1, 0.15) is 23.6 Å². The van der Waals surface area contributed by atoms with E-state index in [-0.39, 0.29) is 23.4 Å². The van der Waals surface area contributed by atoms with Crippen LogP contribution in [0.5, 0.6) is 17.2 Å². The highest BCUT2D eigenvalue weighted by Crippen LogP contribution is 2.46. The lowest BCUT2D eigenvalue weighted by Gasteiger charge is -2.15. The van der Waals surface area contributed by atoms with Gasteiger partial charge in [0, 0.05) is 30.1 Å². The number of nitrogens with one attached hydrogen (secondary N) is 1. The maximum absolute atomic E-state index is 14.8. The zero-order valence-corrected chi connectivity index (χ0v) is 19.3. The molecule has 1 aliphatic rings. The predicted molar refractivity (Wildman–Crippen MR) is 120 cm³/mol. The summed E-state index contributed by atoms with van der Waals surface area (Å²) in [6.45, 7) is 0. The lowest BCUT2D eigenvalue weighted by molar-refractivity contribution is 0.376. The van der Waals surface area contributed by atoms with Crippen molar-refractivity contribution in [2.75, 3.05) is 26.1 Å². The van der Waals surface area contributed by atoms with Crippen molar-refractivity contribution in [2.24, 2.45) is 0 Å².